The summed E-state index contributed by atoms with van der Waals surface area (Å²) >= 11 is 4.10. The second kappa shape index (κ2) is 42.5. The van der Waals surface area contributed by atoms with Crippen LogP contribution in [0, 0.1) is 5.92 Å². The van der Waals surface area contributed by atoms with Crippen LogP contribution in [0.1, 0.15) is 105 Å². The summed E-state index contributed by atoms with van der Waals surface area (Å²) in [6.07, 6.45) is -6.99. The molecule has 39 nitrogen and oxygen atoms in total. The summed E-state index contributed by atoms with van der Waals surface area (Å²) in [4.78, 5) is 194. The Morgan fingerprint density at radius 2 is 0.778 bits per heavy atom. The fraction of sp³-hybridized carbons (Fsp3) is 0.660. The number of nitrogens with two attached hydrogens (primary N) is 7. The molecule has 29 N–H and O–H groups in total. The van der Waals surface area contributed by atoms with Crippen LogP contribution in [0.15, 0.2) is 15.0 Å². The maximum atomic E-state index is 14.3. The highest BCUT2D eigenvalue weighted by Gasteiger charge is 2.37. The molecule has 0 fully saturated rings. The van der Waals surface area contributed by atoms with E-state index < -0.39 is 188 Å². The van der Waals surface area contributed by atoms with Crippen molar-refractivity contribution in [1.29, 1.82) is 0 Å². The predicted octanol–water partition coefficient (Wildman–Crippen LogP) is -9.38. The largest absolute Gasteiger partial charge is 0.481 e. The second-order valence-electron chi connectivity index (χ2n) is 20.7. The van der Waals surface area contributed by atoms with E-state index in [9.17, 15) is 87.5 Å². The molecule has 90 heavy (non-hydrogen) atoms. The van der Waals surface area contributed by atoms with Gasteiger partial charge < -0.3 is 119 Å². The average Bonchev–Trinajstić information content (AvgIpc) is 1.35. The van der Waals surface area contributed by atoms with Crippen molar-refractivity contribution in [2.24, 2.45) is 61.0 Å². The third-order valence-corrected chi connectivity index (χ3v) is 12.7. The molecule has 0 aromatic heterocycles. The molecule has 0 aromatic carbocycles. The Balaban J connectivity index is 7.10. The molecule has 0 bridgehead atoms. The zero-order chi connectivity index (χ0) is 69.0. The minimum absolute atomic E-state index is 0.0227. The van der Waals surface area contributed by atoms with Crippen molar-refractivity contribution < 1.29 is 92.7 Å². The van der Waals surface area contributed by atoms with Gasteiger partial charge in [-0.25, -0.2) is 4.79 Å². The molecule has 0 aliphatic carbocycles. The highest BCUT2D eigenvalue weighted by Crippen LogP contribution is 2.11. The van der Waals surface area contributed by atoms with Gasteiger partial charge in [-0.2, -0.15) is 12.6 Å². The smallest absolute Gasteiger partial charge is 0.326 e. The summed E-state index contributed by atoms with van der Waals surface area (Å²) in [5.74, 6) is -18.5. The molecule has 0 radical (unpaired) electrons. The Morgan fingerprint density at radius 3 is 1.17 bits per heavy atom. The van der Waals surface area contributed by atoms with Gasteiger partial charge in [0.2, 0.25) is 59.1 Å². The van der Waals surface area contributed by atoms with E-state index >= 15 is 0 Å². The highest BCUT2D eigenvalue weighted by molar-refractivity contribution is 7.80. The second-order valence-corrected chi connectivity index (χ2v) is 21.1. The molecule has 508 valence electrons. The fourth-order valence-electron chi connectivity index (χ4n) is 7.78. The summed E-state index contributed by atoms with van der Waals surface area (Å²) in [6.45, 7) is 4.62. The molecule has 10 amide bonds. The van der Waals surface area contributed by atoms with Gasteiger partial charge in [0.1, 0.15) is 54.4 Å². The Bertz CT molecular complexity index is 2580. The van der Waals surface area contributed by atoms with Crippen LogP contribution in [0.4, 0.5) is 0 Å². The number of aliphatic hydroxyl groups is 1. The summed E-state index contributed by atoms with van der Waals surface area (Å²) in [6, 6.07) is -16.3. The molecule has 0 aliphatic rings. The first-order valence-electron chi connectivity index (χ1n) is 28.1. The number of guanidine groups is 3. The van der Waals surface area contributed by atoms with Crippen molar-refractivity contribution in [3.63, 3.8) is 0 Å². The number of hydrogen-bond acceptors (Lipinski definition) is 20. The molecule has 0 aromatic rings. The van der Waals surface area contributed by atoms with Gasteiger partial charge in [-0.15, -0.1) is 0 Å². The van der Waals surface area contributed by atoms with E-state index in [1.807, 2.05) is 5.32 Å². The van der Waals surface area contributed by atoms with E-state index in [4.69, 9.17) is 45.2 Å². The molecule has 0 saturated heterocycles. The van der Waals surface area contributed by atoms with Gasteiger partial charge in [0.15, 0.2) is 17.9 Å². The third kappa shape index (κ3) is 34.9. The molecule has 0 rings (SSSR count). The Kier molecular flexibility index (Phi) is 38.1. The molecule has 0 saturated carbocycles. The molecule has 0 aliphatic heterocycles. The normalized spacial score (nSPS) is 14.5. The third-order valence-electron chi connectivity index (χ3n) is 12.4. The summed E-state index contributed by atoms with van der Waals surface area (Å²) < 4.78 is 0. The molecule has 0 spiro atoms. The number of amides is 10. The van der Waals surface area contributed by atoms with E-state index in [0.29, 0.717) is 0 Å². The summed E-state index contributed by atoms with van der Waals surface area (Å²) in [5, 5.41) is 71.7. The average molecular weight is 1310 g/mol. The van der Waals surface area contributed by atoms with Crippen LogP contribution in [-0.2, 0) is 67.1 Å². The van der Waals surface area contributed by atoms with Crippen LogP contribution < -0.4 is 93.3 Å². The number of rotatable bonds is 45. The number of nitrogens with zero attached hydrogens (tertiary/aromatic N) is 3. The zero-order valence-corrected chi connectivity index (χ0v) is 51.1. The van der Waals surface area contributed by atoms with Crippen LogP contribution >= 0.6 is 12.6 Å². The number of carboxylic acid groups (broad SMARTS) is 4. The number of carbonyl (C=O) groups excluding carboxylic acids is 10. The van der Waals surface area contributed by atoms with E-state index in [-0.39, 0.29) is 94.1 Å². The molecule has 0 heterocycles. The number of carboxylic acids is 4. The topological polar surface area (TPSA) is 680 Å². The molecular formula is C50H88N20O19S. The quantitative estimate of drug-likeness (QED) is 0.0117. The van der Waals surface area contributed by atoms with Crippen molar-refractivity contribution in [2.45, 2.75) is 171 Å². The molecular weight excluding hydrogens is 1220 g/mol. The fourth-order valence-corrected chi connectivity index (χ4v) is 8.04. The lowest BCUT2D eigenvalue weighted by Crippen LogP contribution is -2.61. The number of carbonyl (C=O) groups is 14. The minimum atomic E-state index is -2.04. The van der Waals surface area contributed by atoms with Crippen molar-refractivity contribution in [3.8, 4) is 0 Å². The van der Waals surface area contributed by atoms with Gasteiger partial charge in [-0.3, -0.25) is 77.3 Å². The highest BCUT2D eigenvalue weighted by atomic mass is 32.1. The Hall–Kier alpha value is -9.34. The molecule has 40 heteroatoms. The van der Waals surface area contributed by atoms with Gasteiger partial charge in [-0.1, -0.05) is 13.8 Å². The first kappa shape index (κ1) is 80.7. The monoisotopic (exact) mass is 1300 g/mol. The lowest BCUT2D eigenvalue weighted by Gasteiger charge is -2.28. The maximum absolute atomic E-state index is 14.3. The molecule has 11 atom stereocenters. The standard InChI is InChI=1S/C50H88N20O19S/c1-22(2)18-30(67-45(86)32(21-90)69-38(79)23(3)51)39(80)61-20-33(72)62-25(8-5-15-58-48(52)53)40(81)68-31(19-36(77)78)44(85)64-26(9-6-16-59-49(54)55)41(82)63-27(10-7-17-60-50(56)57)43(84)70-37(24(4)71)46(87)65-28(11-13-34(73)74)42(83)66-29(47(88)89)12-14-35(75)76/h22-32,37,71,90H,5-21,51H2,1-4H3,(H,61,80)(H,62,72)(H,63,82)(H,64,85)(H,65,87)(H,66,83)(H,67,86)(H,68,81)(H,69,79)(H,70,84)(H,73,74)(H,75,76)(H,77,78)(H,88,89)(H4,52,53,58)(H4,54,55,59)(H4,56,57,60)/t23-,24+,25-,26-,27-,28-,29-,30-,31-,32-,37-/m0/s1. The van der Waals surface area contributed by atoms with Gasteiger partial charge in [0.05, 0.1) is 25.1 Å². The lowest BCUT2D eigenvalue weighted by atomic mass is 10.0. The van der Waals surface area contributed by atoms with Crippen molar-refractivity contribution in [1.82, 2.24) is 53.2 Å². The summed E-state index contributed by atoms with van der Waals surface area (Å²) in [7, 11) is 0. The first-order chi connectivity index (χ1) is 42.0. The van der Waals surface area contributed by atoms with Gasteiger partial charge in [0.25, 0.3) is 0 Å². The van der Waals surface area contributed by atoms with Crippen LogP contribution in [-0.4, -0.2) is 225 Å². The summed E-state index contributed by atoms with van der Waals surface area (Å²) in [5.41, 5.74) is 38.3. The van der Waals surface area contributed by atoms with Crippen LogP contribution in [0.3, 0.4) is 0 Å². The number of aliphatic hydroxyl groups excluding tert-OH is 1. The number of aliphatic imine (C=N–C) groups is 3. The lowest BCUT2D eigenvalue weighted by molar-refractivity contribution is -0.144. The maximum Gasteiger partial charge on any atom is 0.326 e. The van der Waals surface area contributed by atoms with Gasteiger partial charge in [-0.05, 0) is 77.6 Å². The van der Waals surface area contributed by atoms with Crippen molar-refractivity contribution >= 4 is 113 Å². The number of nitrogens with one attached hydrogen (secondary N) is 10. The Labute approximate surface area is 522 Å². The number of aliphatic carboxylic acids is 4. The Morgan fingerprint density at radius 1 is 0.422 bits per heavy atom. The van der Waals surface area contributed by atoms with Gasteiger partial charge >= 0.3 is 23.9 Å². The van der Waals surface area contributed by atoms with Crippen LogP contribution in [0.25, 0.3) is 0 Å². The van der Waals surface area contributed by atoms with E-state index in [0.717, 1.165) is 6.92 Å². The van der Waals surface area contributed by atoms with E-state index in [1.165, 1.54) is 6.92 Å². The van der Waals surface area contributed by atoms with Crippen molar-refractivity contribution in [3.05, 3.63) is 0 Å². The van der Waals surface area contributed by atoms with Crippen molar-refractivity contribution in [2.75, 3.05) is 31.9 Å². The minimum Gasteiger partial charge on any atom is -0.481 e. The van der Waals surface area contributed by atoms with Crippen LogP contribution in [0.2, 0.25) is 0 Å². The van der Waals surface area contributed by atoms with E-state index in [2.05, 4.69) is 75.5 Å². The van der Waals surface area contributed by atoms with Crippen LogP contribution in [0.5, 0.6) is 0 Å². The van der Waals surface area contributed by atoms with E-state index in [1.54, 1.807) is 13.8 Å². The molecule has 0 unspecified atom stereocenters. The number of thiol groups is 1. The number of hydrogen-bond donors (Lipinski definition) is 23. The SMILES string of the molecule is CC(C)C[C@H](NC(=O)[C@H](CS)NC(=O)[C@H](C)N)C(=O)NCC(=O)N[C@@H](CCCN=C(N)N)C(=O)N[C@@H](CC(=O)O)C(=O)N[C@@H](CCCN=C(N)N)C(=O)N[C@@H](CCCN=C(N)N)C(=O)N[C@H](C(=O)N[C@@H](CCC(=O)O)C(=O)N[C@@H](CCC(=O)O)C(=O)O)[C@@H](C)O. The zero-order valence-electron chi connectivity index (χ0n) is 50.2. The first-order valence-corrected chi connectivity index (χ1v) is 28.7. The predicted molar refractivity (Wildman–Crippen MR) is 322 cm³/mol. The van der Waals surface area contributed by atoms with Gasteiger partial charge in [0, 0.05) is 38.2 Å².